The monoisotopic (exact) mass is 335 g/mol. The van der Waals surface area contributed by atoms with Gasteiger partial charge in [-0.2, -0.15) is 11.8 Å². The van der Waals surface area contributed by atoms with Crippen molar-refractivity contribution in [2.75, 3.05) is 31.7 Å². The molecule has 9 heteroatoms. The minimum absolute atomic E-state index is 0.0648. The van der Waals surface area contributed by atoms with Crippen LogP contribution in [0, 0.1) is 0 Å². The molecule has 21 heavy (non-hydrogen) atoms. The van der Waals surface area contributed by atoms with Crippen LogP contribution in [0.5, 0.6) is 0 Å². The number of nitrogens with one attached hydrogen (secondary N) is 2. The molecule has 0 spiro atoms. The molecule has 3 N–H and O–H groups in total. The van der Waals surface area contributed by atoms with E-state index in [9.17, 15) is 13.2 Å². The minimum Gasteiger partial charge on any atom is -0.396 e. The fourth-order valence-corrected chi connectivity index (χ4v) is 3.20. The Morgan fingerprint density at radius 1 is 1.43 bits per heavy atom. The number of carbonyl (C=O) groups is 1. The first kappa shape index (κ1) is 18.0. The molecular weight excluding hydrogens is 314 g/mol. The molecule has 0 atom stereocenters. The first-order valence-corrected chi connectivity index (χ1v) is 9.13. The molecule has 0 aromatic carbocycles. The van der Waals surface area contributed by atoms with Gasteiger partial charge in [-0.15, -0.1) is 0 Å². The van der Waals surface area contributed by atoms with E-state index in [0.29, 0.717) is 12.2 Å². The van der Waals surface area contributed by atoms with Crippen molar-refractivity contribution in [2.24, 2.45) is 7.05 Å². The summed E-state index contributed by atoms with van der Waals surface area (Å²) in [6.45, 7) is 0.666. The quantitative estimate of drug-likeness (QED) is 0.542. The number of rotatable bonds is 9. The summed E-state index contributed by atoms with van der Waals surface area (Å²) >= 11 is 1.64. The van der Waals surface area contributed by atoms with Crippen LogP contribution in [0.3, 0.4) is 0 Å². The van der Waals surface area contributed by atoms with Crippen LogP contribution in [-0.4, -0.2) is 55.7 Å². The Morgan fingerprint density at radius 3 is 2.76 bits per heavy atom. The third-order valence-corrected chi connectivity index (χ3v) is 5.22. The maximum Gasteiger partial charge on any atom is 0.267 e. The summed E-state index contributed by atoms with van der Waals surface area (Å²) < 4.78 is 27.0. The zero-order chi connectivity index (χ0) is 15.9. The largest absolute Gasteiger partial charge is 0.396 e. The lowest BCUT2D eigenvalue weighted by atomic mass is 10.4. The highest BCUT2D eigenvalue weighted by molar-refractivity contribution is 7.99. The van der Waals surface area contributed by atoms with Crippen LogP contribution in [0.4, 0.5) is 0 Å². The molecule has 0 unspecified atom stereocenters. The fraction of sp³-hybridized carbons (Fsp3) is 0.583. The average molecular weight is 335 g/mol. The Balaban J connectivity index is 2.55. The van der Waals surface area contributed by atoms with Gasteiger partial charge in [0.15, 0.2) is 0 Å². The Morgan fingerprint density at radius 2 is 2.14 bits per heavy atom. The predicted molar refractivity (Wildman–Crippen MR) is 83.0 cm³/mol. The maximum atomic E-state index is 12.0. The van der Waals surface area contributed by atoms with Gasteiger partial charge in [-0.25, -0.2) is 13.1 Å². The van der Waals surface area contributed by atoms with Gasteiger partial charge in [0.1, 0.15) is 10.6 Å². The van der Waals surface area contributed by atoms with Crippen molar-refractivity contribution in [1.29, 1.82) is 0 Å². The molecule has 0 aliphatic carbocycles. The second kappa shape index (κ2) is 8.42. The molecule has 0 radical (unpaired) electrons. The highest BCUT2D eigenvalue weighted by Crippen LogP contribution is 2.13. The van der Waals surface area contributed by atoms with Gasteiger partial charge >= 0.3 is 0 Å². The van der Waals surface area contributed by atoms with Crippen LogP contribution in [0.15, 0.2) is 17.2 Å². The maximum absolute atomic E-state index is 12.0. The second-order valence-corrected chi connectivity index (χ2v) is 7.44. The van der Waals surface area contributed by atoms with E-state index in [1.54, 1.807) is 18.8 Å². The molecule has 0 saturated heterocycles. The van der Waals surface area contributed by atoms with Crippen LogP contribution in [-0.2, 0) is 17.1 Å². The van der Waals surface area contributed by atoms with Gasteiger partial charge in [0.25, 0.3) is 5.91 Å². The minimum atomic E-state index is -3.55. The number of aliphatic hydroxyl groups is 1. The molecule has 0 fully saturated rings. The smallest absolute Gasteiger partial charge is 0.267 e. The number of hydrogen-bond acceptors (Lipinski definition) is 5. The molecule has 1 rings (SSSR count). The Labute approximate surface area is 129 Å². The molecule has 7 nitrogen and oxygen atoms in total. The van der Waals surface area contributed by atoms with E-state index in [4.69, 9.17) is 5.11 Å². The van der Waals surface area contributed by atoms with Crippen molar-refractivity contribution in [3.63, 3.8) is 0 Å². The molecule has 0 saturated carbocycles. The fourth-order valence-electron chi connectivity index (χ4n) is 1.62. The predicted octanol–water partition coefficient (Wildman–Crippen LogP) is -0.221. The molecule has 120 valence electrons. The number of aryl methyl sites for hydroxylation is 1. The number of nitrogens with zero attached hydrogens (tertiary/aromatic N) is 1. The highest BCUT2D eigenvalue weighted by Gasteiger charge is 2.18. The number of hydrogen-bond donors (Lipinski definition) is 3. The van der Waals surface area contributed by atoms with E-state index >= 15 is 0 Å². The summed E-state index contributed by atoms with van der Waals surface area (Å²) in [7, 11) is -0.598. The zero-order valence-corrected chi connectivity index (χ0v) is 13.8. The van der Waals surface area contributed by atoms with E-state index in [0.717, 1.165) is 17.9 Å². The summed E-state index contributed by atoms with van der Waals surface area (Å²) in [5.41, 5.74) is 0.296. The number of sulfonamides is 1. The summed E-state index contributed by atoms with van der Waals surface area (Å²) in [4.78, 5) is 12.1. The van der Waals surface area contributed by atoms with Crippen LogP contribution in [0.25, 0.3) is 0 Å². The van der Waals surface area contributed by atoms with Gasteiger partial charge < -0.3 is 15.0 Å². The summed E-state index contributed by atoms with van der Waals surface area (Å²) in [5, 5.41) is 11.4. The SMILES string of the molecule is CNS(=O)(=O)c1cc(C(=O)NCCSCCCO)n(C)c1. The van der Waals surface area contributed by atoms with E-state index in [2.05, 4.69) is 10.0 Å². The van der Waals surface area contributed by atoms with Gasteiger partial charge in [-0.05, 0) is 25.3 Å². The van der Waals surface area contributed by atoms with Gasteiger partial charge in [0.2, 0.25) is 10.0 Å². The van der Waals surface area contributed by atoms with Crippen LogP contribution in [0.2, 0.25) is 0 Å². The van der Waals surface area contributed by atoms with Crippen molar-refractivity contribution in [2.45, 2.75) is 11.3 Å². The Hall–Kier alpha value is -1.03. The van der Waals surface area contributed by atoms with Gasteiger partial charge in [0.05, 0.1) is 0 Å². The molecule has 1 aromatic rings. The summed E-state index contributed by atoms with van der Waals surface area (Å²) in [5.74, 6) is 1.29. The standard InChI is InChI=1S/C12H21N3O4S2/c1-13-21(18,19)10-8-11(15(2)9-10)12(17)14-4-7-20-6-3-5-16/h8-9,13,16H,3-7H2,1-2H3,(H,14,17). The molecular formula is C12H21N3O4S2. The average Bonchev–Trinajstić information content (AvgIpc) is 2.85. The Bertz CT molecular complexity index is 569. The molecule has 1 aromatic heterocycles. The van der Waals surface area contributed by atoms with Crippen LogP contribution >= 0.6 is 11.8 Å². The summed E-state index contributed by atoms with van der Waals surface area (Å²) in [6, 6.07) is 1.35. The zero-order valence-electron chi connectivity index (χ0n) is 12.1. The molecule has 0 bridgehead atoms. The first-order chi connectivity index (χ1) is 9.92. The number of carbonyl (C=O) groups excluding carboxylic acids is 1. The Kier molecular flexibility index (Phi) is 7.23. The van der Waals surface area contributed by atoms with E-state index < -0.39 is 10.0 Å². The van der Waals surface area contributed by atoms with E-state index in [1.807, 2.05) is 0 Å². The van der Waals surface area contributed by atoms with Crippen molar-refractivity contribution < 1.29 is 18.3 Å². The number of amides is 1. The van der Waals surface area contributed by atoms with Gasteiger partial charge in [-0.1, -0.05) is 0 Å². The first-order valence-electron chi connectivity index (χ1n) is 6.49. The molecule has 0 aliphatic rings. The van der Waals surface area contributed by atoms with Crippen LogP contribution < -0.4 is 10.0 Å². The summed E-state index contributed by atoms with van der Waals surface area (Å²) in [6.07, 6.45) is 2.14. The van der Waals surface area contributed by atoms with Gasteiger partial charge in [-0.3, -0.25) is 4.79 Å². The molecule has 1 heterocycles. The van der Waals surface area contributed by atoms with Gasteiger partial charge in [0, 0.05) is 32.1 Å². The number of aromatic nitrogens is 1. The van der Waals surface area contributed by atoms with Crippen molar-refractivity contribution in [3.8, 4) is 0 Å². The van der Waals surface area contributed by atoms with Crippen molar-refractivity contribution in [3.05, 3.63) is 18.0 Å². The third kappa shape index (κ3) is 5.34. The molecule has 0 aliphatic heterocycles. The van der Waals surface area contributed by atoms with E-state index in [-0.39, 0.29) is 17.4 Å². The lowest BCUT2D eigenvalue weighted by Gasteiger charge is -2.05. The van der Waals surface area contributed by atoms with Crippen LogP contribution in [0.1, 0.15) is 16.9 Å². The van der Waals surface area contributed by atoms with Crippen molar-refractivity contribution in [1.82, 2.24) is 14.6 Å². The van der Waals surface area contributed by atoms with Crippen molar-refractivity contribution >= 4 is 27.7 Å². The lowest BCUT2D eigenvalue weighted by molar-refractivity contribution is 0.0948. The lowest BCUT2D eigenvalue weighted by Crippen LogP contribution is -2.27. The van der Waals surface area contributed by atoms with E-state index in [1.165, 1.54) is 23.9 Å². The number of thioether (sulfide) groups is 1. The third-order valence-electron chi connectivity index (χ3n) is 2.77. The topological polar surface area (TPSA) is 100 Å². The highest BCUT2D eigenvalue weighted by atomic mass is 32.2. The normalized spacial score (nSPS) is 11.6. The molecule has 1 amide bonds. The number of aliphatic hydroxyl groups excluding tert-OH is 1. The second-order valence-electron chi connectivity index (χ2n) is 4.32.